The topological polar surface area (TPSA) is 9.23 Å². The molecule has 1 aliphatic heterocycles. The van der Waals surface area contributed by atoms with Crippen LogP contribution in [0.15, 0.2) is 0 Å². The highest BCUT2D eigenvalue weighted by molar-refractivity contribution is 7.99. The van der Waals surface area contributed by atoms with Crippen LogP contribution >= 0.6 is 11.8 Å². The lowest BCUT2D eigenvalue weighted by Gasteiger charge is -2.32. The van der Waals surface area contributed by atoms with Crippen molar-refractivity contribution in [1.82, 2.24) is 0 Å². The summed E-state index contributed by atoms with van der Waals surface area (Å²) in [5.41, 5.74) is 0. The highest BCUT2D eigenvalue weighted by atomic mass is 32.2. The monoisotopic (exact) mass is 174 g/mol. The van der Waals surface area contributed by atoms with Gasteiger partial charge in [0.1, 0.15) is 0 Å². The molecule has 1 heterocycles. The normalized spacial score (nSPS) is 32.7. The van der Waals surface area contributed by atoms with E-state index in [1.54, 1.807) is 0 Å². The van der Waals surface area contributed by atoms with E-state index in [9.17, 15) is 0 Å². The summed E-state index contributed by atoms with van der Waals surface area (Å²) in [5.74, 6) is 1.55. The third-order valence-electron chi connectivity index (χ3n) is 2.49. The van der Waals surface area contributed by atoms with Gasteiger partial charge in [-0.25, -0.2) is 0 Å². The van der Waals surface area contributed by atoms with Crippen molar-refractivity contribution in [3.8, 4) is 0 Å². The van der Waals surface area contributed by atoms with Crippen LogP contribution in [-0.2, 0) is 4.74 Å². The molecule has 1 saturated heterocycles. The third kappa shape index (κ3) is 2.38. The molecule has 0 aromatic carbocycles. The van der Waals surface area contributed by atoms with Crippen molar-refractivity contribution in [3.05, 3.63) is 0 Å². The zero-order valence-corrected chi connectivity index (χ0v) is 8.49. The van der Waals surface area contributed by atoms with Gasteiger partial charge in [0.05, 0.1) is 6.61 Å². The van der Waals surface area contributed by atoms with Gasteiger partial charge < -0.3 is 4.74 Å². The minimum atomic E-state index is 0.771. The molecule has 0 spiro atoms. The van der Waals surface area contributed by atoms with Crippen LogP contribution in [0.1, 0.15) is 20.3 Å². The van der Waals surface area contributed by atoms with Gasteiger partial charge >= 0.3 is 0 Å². The van der Waals surface area contributed by atoms with Crippen LogP contribution in [0.3, 0.4) is 0 Å². The second-order valence-corrected chi connectivity index (χ2v) is 4.62. The number of ether oxygens (including phenoxy) is 1. The summed E-state index contributed by atoms with van der Waals surface area (Å²) in [5, 5.41) is 0.837. The fourth-order valence-electron chi connectivity index (χ4n) is 1.65. The van der Waals surface area contributed by atoms with Crippen LogP contribution in [0.2, 0.25) is 0 Å². The lowest BCUT2D eigenvalue weighted by Crippen LogP contribution is -2.33. The second-order valence-electron chi connectivity index (χ2n) is 3.55. The molecular formula is C9H18OS. The lowest BCUT2D eigenvalue weighted by molar-refractivity contribution is 0.0419. The van der Waals surface area contributed by atoms with Gasteiger partial charge in [0.15, 0.2) is 0 Å². The first kappa shape index (κ1) is 9.40. The van der Waals surface area contributed by atoms with E-state index < -0.39 is 0 Å². The predicted octanol–water partition coefficient (Wildman–Crippen LogP) is 2.41. The van der Waals surface area contributed by atoms with E-state index >= 15 is 0 Å². The quantitative estimate of drug-likeness (QED) is 0.636. The van der Waals surface area contributed by atoms with Crippen molar-refractivity contribution < 1.29 is 4.74 Å². The molecule has 0 amide bonds. The molecule has 11 heavy (non-hydrogen) atoms. The van der Waals surface area contributed by atoms with Crippen LogP contribution in [0, 0.1) is 11.8 Å². The zero-order valence-electron chi connectivity index (χ0n) is 7.67. The van der Waals surface area contributed by atoms with Crippen LogP contribution in [0.25, 0.3) is 0 Å². The van der Waals surface area contributed by atoms with Crippen molar-refractivity contribution in [2.24, 2.45) is 11.8 Å². The maximum Gasteiger partial charge on any atom is 0.0507 e. The maximum atomic E-state index is 5.46. The molecule has 2 heteroatoms. The number of rotatable bonds is 2. The van der Waals surface area contributed by atoms with E-state index in [0.29, 0.717) is 0 Å². The van der Waals surface area contributed by atoms with Gasteiger partial charge in [0.2, 0.25) is 0 Å². The SMILES string of the molecule is CSC1CCOC[C@H]1C(C)C. The largest absolute Gasteiger partial charge is 0.381 e. The van der Waals surface area contributed by atoms with E-state index in [1.807, 2.05) is 11.8 Å². The standard InChI is InChI=1S/C9H18OS/c1-7(2)8-6-10-5-4-9(8)11-3/h7-9H,4-6H2,1-3H3/t8-,9?/m0/s1. The summed E-state index contributed by atoms with van der Waals surface area (Å²) in [6.45, 7) is 6.53. The summed E-state index contributed by atoms with van der Waals surface area (Å²) < 4.78 is 5.46. The van der Waals surface area contributed by atoms with Crippen molar-refractivity contribution in [2.45, 2.75) is 25.5 Å². The van der Waals surface area contributed by atoms with Crippen molar-refractivity contribution in [3.63, 3.8) is 0 Å². The smallest absolute Gasteiger partial charge is 0.0507 e. The molecule has 0 aliphatic carbocycles. The highest BCUT2D eigenvalue weighted by Gasteiger charge is 2.27. The Kier molecular flexibility index (Phi) is 3.73. The summed E-state index contributed by atoms with van der Waals surface area (Å²) in [6, 6.07) is 0. The van der Waals surface area contributed by atoms with E-state index in [2.05, 4.69) is 20.1 Å². The van der Waals surface area contributed by atoms with Gasteiger partial charge in [-0.15, -0.1) is 0 Å². The molecule has 2 atom stereocenters. The van der Waals surface area contributed by atoms with E-state index in [1.165, 1.54) is 6.42 Å². The van der Waals surface area contributed by atoms with E-state index in [4.69, 9.17) is 4.74 Å². The maximum absolute atomic E-state index is 5.46. The molecule has 1 aliphatic rings. The highest BCUT2D eigenvalue weighted by Crippen LogP contribution is 2.30. The first-order chi connectivity index (χ1) is 5.25. The predicted molar refractivity (Wildman–Crippen MR) is 51.1 cm³/mol. The molecule has 1 unspecified atom stereocenters. The Morgan fingerprint density at radius 3 is 2.64 bits per heavy atom. The Balaban J connectivity index is 2.44. The first-order valence-electron chi connectivity index (χ1n) is 4.36. The van der Waals surface area contributed by atoms with Gasteiger partial charge in [-0.05, 0) is 24.5 Å². The van der Waals surface area contributed by atoms with Crippen molar-refractivity contribution >= 4 is 11.8 Å². The average Bonchev–Trinajstić information content (AvgIpc) is 2.04. The van der Waals surface area contributed by atoms with E-state index in [-0.39, 0.29) is 0 Å². The number of hydrogen-bond acceptors (Lipinski definition) is 2. The third-order valence-corrected chi connectivity index (χ3v) is 3.68. The van der Waals surface area contributed by atoms with Gasteiger partial charge in [-0.2, -0.15) is 11.8 Å². The summed E-state index contributed by atoms with van der Waals surface area (Å²) in [6.07, 6.45) is 3.45. The Hall–Kier alpha value is 0.310. The van der Waals surface area contributed by atoms with Crippen molar-refractivity contribution in [2.75, 3.05) is 19.5 Å². The molecule has 1 nitrogen and oxygen atoms in total. The molecule has 0 radical (unpaired) electrons. The fourth-order valence-corrected chi connectivity index (χ4v) is 2.73. The molecule has 1 rings (SSSR count). The fraction of sp³-hybridized carbons (Fsp3) is 1.00. The summed E-state index contributed by atoms with van der Waals surface area (Å²) >= 11 is 2.00. The lowest BCUT2D eigenvalue weighted by atomic mass is 9.90. The zero-order chi connectivity index (χ0) is 8.27. The summed E-state index contributed by atoms with van der Waals surface area (Å²) in [7, 11) is 0. The van der Waals surface area contributed by atoms with Gasteiger partial charge in [0, 0.05) is 11.9 Å². The molecule has 66 valence electrons. The van der Waals surface area contributed by atoms with Crippen LogP contribution in [0.5, 0.6) is 0 Å². The number of hydrogen-bond donors (Lipinski definition) is 0. The first-order valence-corrected chi connectivity index (χ1v) is 5.65. The van der Waals surface area contributed by atoms with Gasteiger partial charge in [-0.1, -0.05) is 13.8 Å². The molecule has 0 aromatic heterocycles. The Morgan fingerprint density at radius 2 is 2.18 bits per heavy atom. The molecule has 0 bridgehead atoms. The minimum absolute atomic E-state index is 0.771. The molecular weight excluding hydrogens is 156 g/mol. The molecule has 0 saturated carbocycles. The minimum Gasteiger partial charge on any atom is -0.381 e. The Bertz CT molecular complexity index is 114. The van der Waals surface area contributed by atoms with E-state index in [0.717, 1.165) is 30.3 Å². The van der Waals surface area contributed by atoms with Crippen LogP contribution in [-0.4, -0.2) is 24.7 Å². The summed E-state index contributed by atoms with van der Waals surface area (Å²) in [4.78, 5) is 0. The number of thioether (sulfide) groups is 1. The second kappa shape index (κ2) is 4.36. The molecule has 0 aromatic rings. The molecule has 0 N–H and O–H groups in total. The average molecular weight is 174 g/mol. The van der Waals surface area contributed by atoms with Gasteiger partial charge in [-0.3, -0.25) is 0 Å². The van der Waals surface area contributed by atoms with Crippen molar-refractivity contribution in [1.29, 1.82) is 0 Å². The van der Waals surface area contributed by atoms with Crippen LogP contribution in [0.4, 0.5) is 0 Å². The molecule has 1 fully saturated rings. The van der Waals surface area contributed by atoms with Gasteiger partial charge in [0.25, 0.3) is 0 Å². The Labute approximate surface area is 73.9 Å². The van der Waals surface area contributed by atoms with Crippen LogP contribution < -0.4 is 0 Å². The Morgan fingerprint density at radius 1 is 1.45 bits per heavy atom.